The van der Waals surface area contributed by atoms with E-state index >= 15 is 0 Å². The lowest BCUT2D eigenvalue weighted by atomic mass is 9.98. The summed E-state index contributed by atoms with van der Waals surface area (Å²) in [7, 11) is 0. The van der Waals surface area contributed by atoms with Crippen molar-refractivity contribution in [3.05, 3.63) is 0 Å². The van der Waals surface area contributed by atoms with E-state index in [2.05, 4.69) is 0 Å². The molecule has 1 unspecified atom stereocenters. The predicted molar refractivity (Wildman–Crippen MR) is 69.7 cm³/mol. The van der Waals surface area contributed by atoms with Crippen LogP contribution >= 0.6 is 0 Å². The third-order valence-electron chi connectivity index (χ3n) is 3.89. The fourth-order valence-corrected chi connectivity index (χ4v) is 2.46. The van der Waals surface area contributed by atoms with Crippen molar-refractivity contribution in [3.63, 3.8) is 0 Å². The average molecular weight is 370 g/mol. The minimum Gasteiger partial charge on any atom is -0.479 e. The Morgan fingerprint density at radius 1 is 0.600 bits per heavy atom. The maximum atomic E-state index is 11.0. The van der Waals surface area contributed by atoms with Crippen LogP contribution in [0.2, 0.25) is 0 Å². The van der Waals surface area contributed by atoms with Crippen molar-refractivity contribution in [2.45, 2.75) is 61.4 Å². The molecule has 25 heavy (non-hydrogen) atoms. The highest BCUT2D eigenvalue weighted by Crippen LogP contribution is 2.28. The van der Waals surface area contributed by atoms with E-state index < -0.39 is 73.4 Å². The van der Waals surface area contributed by atoms with Gasteiger partial charge in [-0.3, -0.25) is 0 Å². The van der Waals surface area contributed by atoms with E-state index in [1.807, 2.05) is 0 Å². The van der Waals surface area contributed by atoms with Gasteiger partial charge in [-0.05, 0) is 0 Å². The van der Waals surface area contributed by atoms with Crippen molar-refractivity contribution >= 4 is 11.9 Å². The summed E-state index contributed by atoms with van der Waals surface area (Å²) in [5.74, 6) is -3.37. The molecule has 0 radical (unpaired) electrons. The summed E-state index contributed by atoms with van der Waals surface area (Å²) in [6.45, 7) is 0. The van der Waals surface area contributed by atoms with Gasteiger partial charge in [0.25, 0.3) is 0 Å². The van der Waals surface area contributed by atoms with Gasteiger partial charge in [-0.2, -0.15) is 0 Å². The first-order valence-electron chi connectivity index (χ1n) is 7.06. The topological polar surface area (TPSA) is 224 Å². The molecule has 0 amide bonds. The van der Waals surface area contributed by atoms with E-state index in [1.54, 1.807) is 0 Å². The molecular formula is C12H18O13. The molecule has 0 bridgehead atoms. The van der Waals surface area contributed by atoms with Crippen LogP contribution in [0.15, 0.2) is 0 Å². The second-order valence-electron chi connectivity index (χ2n) is 5.61. The van der Waals surface area contributed by atoms with Gasteiger partial charge in [0, 0.05) is 0 Å². The molecule has 13 heteroatoms. The first-order valence-corrected chi connectivity index (χ1v) is 7.06. The molecule has 0 saturated carbocycles. The number of carbonyl (C=O) groups is 2. The van der Waals surface area contributed by atoms with E-state index in [0.29, 0.717) is 0 Å². The van der Waals surface area contributed by atoms with Crippen molar-refractivity contribution in [1.29, 1.82) is 0 Å². The Balaban J connectivity index is 2.15. The molecule has 0 aromatic carbocycles. The molecule has 10 atom stereocenters. The van der Waals surface area contributed by atoms with Gasteiger partial charge in [-0.1, -0.05) is 0 Å². The summed E-state index contributed by atoms with van der Waals surface area (Å²) in [5, 5.41) is 75.8. The molecule has 2 aliphatic rings. The molecule has 2 rings (SSSR count). The predicted octanol–water partition coefficient (Wildman–Crippen LogP) is -5.21. The molecular weight excluding hydrogens is 352 g/mol. The molecule has 2 heterocycles. The van der Waals surface area contributed by atoms with E-state index in [4.69, 9.17) is 24.4 Å². The summed E-state index contributed by atoms with van der Waals surface area (Å²) < 4.78 is 14.5. The summed E-state index contributed by atoms with van der Waals surface area (Å²) >= 11 is 0. The summed E-state index contributed by atoms with van der Waals surface area (Å²) in [6.07, 6.45) is -19.8. The second-order valence-corrected chi connectivity index (χ2v) is 5.61. The van der Waals surface area contributed by atoms with Crippen molar-refractivity contribution in [1.82, 2.24) is 0 Å². The zero-order chi connectivity index (χ0) is 19.0. The maximum Gasteiger partial charge on any atom is 0.335 e. The largest absolute Gasteiger partial charge is 0.479 e. The lowest BCUT2D eigenvalue weighted by Gasteiger charge is -2.43. The first kappa shape index (κ1) is 19.9. The smallest absolute Gasteiger partial charge is 0.335 e. The number of hydrogen-bond acceptors (Lipinski definition) is 11. The number of carboxylic acid groups (broad SMARTS) is 2. The molecule has 13 nitrogen and oxygen atoms in total. The molecule has 0 aromatic heterocycles. The Morgan fingerprint density at radius 2 is 0.920 bits per heavy atom. The fourth-order valence-electron chi connectivity index (χ4n) is 2.46. The molecule has 0 aliphatic carbocycles. The number of ether oxygens (including phenoxy) is 3. The third kappa shape index (κ3) is 3.74. The van der Waals surface area contributed by atoms with Gasteiger partial charge in [-0.25, -0.2) is 9.59 Å². The Bertz CT molecular complexity index is 467. The van der Waals surface area contributed by atoms with Crippen LogP contribution in [-0.2, 0) is 23.8 Å². The van der Waals surface area contributed by atoms with Crippen LogP contribution in [0.1, 0.15) is 0 Å². The zero-order valence-electron chi connectivity index (χ0n) is 12.4. The van der Waals surface area contributed by atoms with Gasteiger partial charge in [0.1, 0.15) is 36.6 Å². The summed E-state index contributed by atoms with van der Waals surface area (Å²) in [6, 6.07) is 0. The van der Waals surface area contributed by atoms with Gasteiger partial charge in [0.05, 0.1) is 0 Å². The quantitative estimate of drug-likeness (QED) is 0.232. The molecule has 2 fully saturated rings. The van der Waals surface area contributed by atoms with Gasteiger partial charge in [-0.15, -0.1) is 0 Å². The van der Waals surface area contributed by atoms with Crippen LogP contribution in [0.3, 0.4) is 0 Å². The SMILES string of the molecule is O=C(O)[C@H]1O[C@@H](OC2O[C@H](C(=O)O)[C@@H](O)[C@H](O)[C@H]2O)[C@H](O)[C@@H](O)[C@@H]1O. The highest BCUT2D eigenvalue weighted by Gasteiger charge is 2.52. The second kappa shape index (κ2) is 7.45. The third-order valence-corrected chi connectivity index (χ3v) is 3.89. The summed E-state index contributed by atoms with van der Waals surface area (Å²) in [4.78, 5) is 22.0. The standard InChI is InChI=1S/C12H18O13/c13-1-3(15)7(9(19)20)23-11(5(1)17)25-12-6(18)2(14)4(16)8(24-12)10(21)22/h1-8,11-18H,(H,19,20)(H,21,22)/t1-,2-,3-,4-,5+,6+,7-,8-,11-,12?/m0/s1. The van der Waals surface area contributed by atoms with E-state index in [9.17, 15) is 40.2 Å². The molecule has 2 saturated heterocycles. The first-order chi connectivity index (χ1) is 11.6. The molecule has 2 aliphatic heterocycles. The number of aliphatic hydroxyl groups is 6. The van der Waals surface area contributed by atoms with Crippen LogP contribution < -0.4 is 0 Å². The summed E-state index contributed by atoms with van der Waals surface area (Å²) in [5.41, 5.74) is 0. The van der Waals surface area contributed by atoms with Gasteiger partial charge in [0.2, 0.25) is 0 Å². The van der Waals surface area contributed by atoms with E-state index in [0.717, 1.165) is 0 Å². The minimum absolute atomic E-state index is 1.68. The van der Waals surface area contributed by atoms with Crippen molar-refractivity contribution in [3.8, 4) is 0 Å². The van der Waals surface area contributed by atoms with Gasteiger partial charge in [0.15, 0.2) is 24.8 Å². The number of aliphatic carboxylic acids is 2. The Kier molecular flexibility index (Phi) is 5.93. The number of hydrogen-bond donors (Lipinski definition) is 8. The van der Waals surface area contributed by atoms with Crippen LogP contribution in [0, 0.1) is 0 Å². The van der Waals surface area contributed by atoms with Crippen molar-refractivity contribution < 1.29 is 64.7 Å². The Labute approximate surface area is 139 Å². The van der Waals surface area contributed by atoms with E-state index in [-0.39, 0.29) is 0 Å². The number of carboxylic acids is 2. The lowest BCUT2D eigenvalue weighted by molar-refractivity contribution is -0.368. The minimum atomic E-state index is -1.99. The number of aliphatic hydroxyl groups excluding tert-OH is 6. The van der Waals surface area contributed by atoms with E-state index in [1.165, 1.54) is 0 Å². The zero-order valence-corrected chi connectivity index (χ0v) is 12.4. The maximum absolute atomic E-state index is 11.0. The van der Waals surface area contributed by atoms with Gasteiger partial charge >= 0.3 is 11.9 Å². The fraction of sp³-hybridized carbons (Fsp3) is 0.833. The average Bonchev–Trinajstić information content (AvgIpc) is 2.54. The van der Waals surface area contributed by atoms with Crippen LogP contribution in [-0.4, -0.2) is 114 Å². The highest BCUT2D eigenvalue weighted by molar-refractivity contribution is 5.73. The Hall–Kier alpha value is -1.42. The highest BCUT2D eigenvalue weighted by atomic mass is 16.8. The van der Waals surface area contributed by atoms with Crippen molar-refractivity contribution in [2.75, 3.05) is 0 Å². The van der Waals surface area contributed by atoms with Crippen LogP contribution in [0.25, 0.3) is 0 Å². The van der Waals surface area contributed by atoms with Gasteiger partial charge < -0.3 is 55.1 Å². The molecule has 0 spiro atoms. The van der Waals surface area contributed by atoms with Crippen molar-refractivity contribution in [2.24, 2.45) is 0 Å². The lowest BCUT2D eigenvalue weighted by Crippen LogP contribution is -2.64. The molecule has 0 aromatic rings. The molecule has 8 N–H and O–H groups in total. The molecule has 144 valence electrons. The monoisotopic (exact) mass is 370 g/mol. The van der Waals surface area contributed by atoms with Crippen LogP contribution in [0.5, 0.6) is 0 Å². The normalized spacial score (nSPS) is 48.1. The number of rotatable bonds is 4. The van der Waals surface area contributed by atoms with Crippen LogP contribution in [0.4, 0.5) is 0 Å². The Morgan fingerprint density at radius 3 is 1.20 bits per heavy atom.